The zero-order valence-electron chi connectivity index (χ0n) is 28.5. The zero-order valence-corrected chi connectivity index (χ0v) is 30.0. The zero-order chi connectivity index (χ0) is 36.7. The maximum atomic E-state index is 14.5. The molecule has 0 aromatic heterocycles. The van der Waals surface area contributed by atoms with Gasteiger partial charge in [0.05, 0.1) is 31.7 Å². The van der Waals surface area contributed by atoms with E-state index < -0.39 is 51.1 Å². The van der Waals surface area contributed by atoms with E-state index >= 15 is 0 Å². The number of nitrogens with zero attached hydrogens (tertiary/aromatic N) is 2. The Balaban J connectivity index is 1.15. The van der Waals surface area contributed by atoms with Crippen molar-refractivity contribution in [2.45, 2.75) is 28.5 Å². The smallest absolute Gasteiger partial charge is 0.253 e. The summed E-state index contributed by atoms with van der Waals surface area (Å²) in [7, 11) is 4.53. The van der Waals surface area contributed by atoms with E-state index in [0.29, 0.717) is 33.7 Å². The molecular weight excluding hydrogens is 703 g/mol. The first-order valence-electron chi connectivity index (χ1n) is 16.9. The van der Waals surface area contributed by atoms with Crippen LogP contribution >= 0.6 is 23.2 Å². The topological polar surface area (TPSA) is 113 Å². The van der Waals surface area contributed by atoms with Crippen LogP contribution in [0.1, 0.15) is 35.4 Å². The molecule has 0 radical (unpaired) electrons. The number of alkyl halides is 2. The molecule has 4 amide bonds. The number of phenols is 1. The van der Waals surface area contributed by atoms with Crippen LogP contribution in [-0.4, -0.2) is 64.7 Å². The van der Waals surface area contributed by atoms with Gasteiger partial charge in [-0.3, -0.25) is 29.0 Å². The van der Waals surface area contributed by atoms with Crippen LogP contribution in [0.2, 0.25) is 0 Å². The third kappa shape index (κ3) is 4.68. The van der Waals surface area contributed by atoms with Gasteiger partial charge in [-0.15, -0.1) is 23.2 Å². The Morgan fingerprint density at radius 1 is 0.846 bits per heavy atom. The van der Waals surface area contributed by atoms with Crippen LogP contribution in [0, 0.1) is 17.8 Å². The normalized spacial score (nSPS) is 28.3. The second-order valence-electron chi connectivity index (χ2n) is 13.8. The molecule has 2 saturated heterocycles. The maximum absolute atomic E-state index is 14.5. The predicted molar refractivity (Wildman–Crippen MR) is 198 cm³/mol. The average Bonchev–Trinajstić information content (AvgIpc) is 3.49. The second-order valence-corrected chi connectivity index (χ2v) is 15.0. The number of imide groups is 2. The van der Waals surface area contributed by atoms with E-state index in [0.717, 1.165) is 21.4 Å². The minimum atomic E-state index is -1.99. The number of hydrogen-bond donors (Lipinski definition) is 1. The number of amides is 4. The Morgan fingerprint density at radius 2 is 1.60 bits per heavy atom. The fourth-order valence-electron chi connectivity index (χ4n) is 8.74. The van der Waals surface area contributed by atoms with Gasteiger partial charge in [-0.05, 0) is 60.0 Å². The number of aromatic hydroxyl groups is 1. The molecule has 2 heterocycles. The molecule has 9 nitrogen and oxygen atoms in total. The van der Waals surface area contributed by atoms with Crippen molar-refractivity contribution in [2.24, 2.45) is 17.8 Å². The van der Waals surface area contributed by atoms with Crippen molar-refractivity contribution in [1.82, 2.24) is 4.90 Å². The highest BCUT2D eigenvalue weighted by molar-refractivity contribution is 6.53. The predicted octanol–water partition coefficient (Wildman–Crippen LogP) is 6.93. The highest BCUT2D eigenvalue weighted by Gasteiger charge is 2.76. The van der Waals surface area contributed by atoms with Gasteiger partial charge in [-0.1, -0.05) is 72.3 Å². The number of hydrogen-bond acceptors (Lipinski definition) is 7. The second kappa shape index (κ2) is 12.2. The summed E-state index contributed by atoms with van der Waals surface area (Å²) in [6, 6.07) is 23.3. The number of carbonyl (C=O) groups is 4. The highest BCUT2D eigenvalue weighted by atomic mass is 35.5. The van der Waals surface area contributed by atoms with Crippen molar-refractivity contribution in [3.8, 4) is 17.2 Å². The Labute approximate surface area is 310 Å². The average molecular weight is 738 g/mol. The van der Waals surface area contributed by atoms with Gasteiger partial charge in [0.1, 0.15) is 17.2 Å². The molecule has 8 rings (SSSR count). The number of likely N-dealkylation sites (tertiary alicyclic amines) is 1. The van der Waals surface area contributed by atoms with Crippen molar-refractivity contribution in [2.75, 3.05) is 26.2 Å². The van der Waals surface area contributed by atoms with Gasteiger partial charge in [0.15, 0.2) is 9.75 Å². The number of fused-ring (bicyclic) bond motifs is 5. The lowest BCUT2D eigenvalue weighted by Gasteiger charge is -2.50. The summed E-state index contributed by atoms with van der Waals surface area (Å²) in [5.74, 6) is -4.16. The lowest BCUT2D eigenvalue weighted by molar-refractivity contribution is -0.138. The monoisotopic (exact) mass is 736 g/mol. The van der Waals surface area contributed by atoms with Crippen LogP contribution in [0.15, 0.2) is 90.5 Å². The number of ether oxygens (including phenoxy) is 2. The molecule has 0 bridgehead atoms. The summed E-state index contributed by atoms with van der Waals surface area (Å²) < 4.78 is 10.8. The van der Waals surface area contributed by atoms with E-state index in [1.165, 1.54) is 11.9 Å². The van der Waals surface area contributed by atoms with E-state index in [2.05, 4.69) is 0 Å². The third-order valence-electron chi connectivity index (χ3n) is 11.3. The lowest BCUT2D eigenvalue weighted by atomic mass is 9.56. The quantitative estimate of drug-likeness (QED) is 0.0989. The van der Waals surface area contributed by atoms with Crippen LogP contribution in [0.25, 0.3) is 22.9 Å². The van der Waals surface area contributed by atoms with Crippen molar-refractivity contribution in [1.29, 1.82) is 0 Å². The Morgan fingerprint density at radius 3 is 2.33 bits per heavy atom. The maximum Gasteiger partial charge on any atom is 0.253 e. The molecule has 4 aromatic carbocycles. The number of rotatable bonds is 6. The van der Waals surface area contributed by atoms with E-state index in [1.54, 1.807) is 44.6 Å². The van der Waals surface area contributed by atoms with Crippen molar-refractivity contribution < 1.29 is 33.8 Å². The van der Waals surface area contributed by atoms with Gasteiger partial charge in [-0.2, -0.15) is 0 Å². The van der Waals surface area contributed by atoms with E-state index in [9.17, 15) is 24.3 Å². The first kappa shape index (κ1) is 34.0. The summed E-state index contributed by atoms with van der Waals surface area (Å²) in [6.45, 7) is 0. The molecule has 4 aromatic rings. The molecule has 2 aliphatic carbocycles. The lowest BCUT2D eigenvalue weighted by Crippen LogP contribution is -2.60. The van der Waals surface area contributed by atoms with Crippen LogP contribution in [0.3, 0.4) is 0 Å². The number of benzene rings is 4. The van der Waals surface area contributed by atoms with Gasteiger partial charge < -0.3 is 14.6 Å². The first-order chi connectivity index (χ1) is 24.9. The number of phenolic OH excluding ortho intramolecular Hbond substituents is 1. The third-order valence-corrected chi connectivity index (χ3v) is 12.7. The van der Waals surface area contributed by atoms with Gasteiger partial charge >= 0.3 is 0 Å². The van der Waals surface area contributed by atoms with E-state index in [4.69, 9.17) is 32.7 Å². The Bertz CT molecular complexity index is 2270. The number of anilines is 1. The van der Waals surface area contributed by atoms with Gasteiger partial charge in [0.25, 0.3) is 11.8 Å². The van der Waals surface area contributed by atoms with Gasteiger partial charge in [-0.25, -0.2) is 0 Å². The summed E-state index contributed by atoms with van der Waals surface area (Å²) in [6.07, 6.45) is 5.73. The highest BCUT2D eigenvalue weighted by Crippen LogP contribution is 2.66. The summed E-state index contributed by atoms with van der Waals surface area (Å²) in [5, 5.41) is 13.0. The molecule has 0 unspecified atom stereocenters. The van der Waals surface area contributed by atoms with Crippen molar-refractivity contribution in [3.63, 3.8) is 0 Å². The largest absolute Gasteiger partial charge is 0.507 e. The molecule has 1 saturated carbocycles. The SMILES string of the molecule is COc1ccc(OC)c(C=Cc2ccc(N3C(=O)[C@H]4[C@H](CC=C5[C@H]4C[C@@]4(Cl)C(=O)N(C)C(=O)[C@@]4(Cl)[C@H]5c4ccc5ccccc5c4O)C3=O)cc2)c1. The van der Waals surface area contributed by atoms with Crippen LogP contribution in [0.4, 0.5) is 5.69 Å². The summed E-state index contributed by atoms with van der Waals surface area (Å²) >= 11 is 14.6. The molecule has 1 N–H and O–H groups in total. The Kier molecular flexibility index (Phi) is 8.00. The Hall–Kier alpha value is -5.12. The number of allylic oxidation sites excluding steroid dienone is 2. The standard InChI is InChI=1S/C41H34Cl2N2O7/c1-44-38(49)40(42)21-31-28(34(41(40,43)39(44)50)30-16-12-23-6-4-5-7-27(23)35(30)46)17-18-29-33(31)37(48)45(36(29)47)25-13-9-22(10-14-25)8-11-24-20-26(51-2)15-19-32(24)52-3/h4-17,19-20,29,31,33-34,46H,18,21H2,1-3H3/t29-,31+,33-,34+,40+,41-/m0/s1. The summed E-state index contributed by atoms with van der Waals surface area (Å²) in [5.41, 5.74) is 3.01. The molecule has 4 aliphatic rings. The molecule has 11 heteroatoms. The molecule has 0 spiro atoms. The molecule has 264 valence electrons. The number of methoxy groups -OCH3 is 2. The molecule has 52 heavy (non-hydrogen) atoms. The van der Waals surface area contributed by atoms with Crippen LogP contribution < -0.4 is 14.4 Å². The van der Waals surface area contributed by atoms with Gasteiger partial charge in [0.2, 0.25) is 11.8 Å². The molecular formula is C41H34Cl2N2O7. The number of halogens is 2. The summed E-state index contributed by atoms with van der Waals surface area (Å²) in [4.78, 5) is 54.5. The van der Waals surface area contributed by atoms with Crippen molar-refractivity contribution in [3.05, 3.63) is 107 Å². The fourth-order valence-corrected chi connectivity index (χ4v) is 9.75. The van der Waals surface area contributed by atoms with Crippen LogP contribution in [-0.2, 0) is 19.2 Å². The van der Waals surface area contributed by atoms with Gasteiger partial charge in [0, 0.05) is 29.5 Å². The van der Waals surface area contributed by atoms with E-state index in [-0.39, 0.29) is 24.5 Å². The van der Waals surface area contributed by atoms with E-state index in [1.807, 2.05) is 66.8 Å². The number of carbonyl (C=O) groups excluding carboxylic acids is 4. The minimum Gasteiger partial charge on any atom is -0.507 e. The fraction of sp³-hybridized carbons (Fsp3) is 0.268. The van der Waals surface area contributed by atoms with Crippen molar-refractivity contribution >= 4 is 75.4 Å². The molecule has 2 aliphatic heterocycles. The molecule has 3 fully saturated rings. The van der Waals surface area contributed by atoms with Crippen LogP contribution in [0.5, 0.6) is 17.2 Å². The molecule has 6 atom stereocenters. The minimum absolute atomic E-state index is 0.0879. The first-order valence-corrected chi connectivity index (χ1v) is 17.7.